The fourth-order valence-corrected chi connectivity index (χ4v) is 6.17. The van der Waals surface area contributed by atoms with Crippen LogP contribution < -0.4 is 5.73 Å². The Hall–Kier alpha value is -1.62. The number of hydrogen-bond donors (Lipinski definition) is 1. The summed E-state index contributed by atoms with van der Waals surface area (Å²) in [6, 6.07) is 0. The third-order valence-corrected chi connectivity index (χ3v) is 8.20. The highest BCUT2D eigenvalue weighted by Crippen LogP contribution is 2.57. The van der Waals surface area contributed by atoms with Crippen molar-refractivity contribution in [3.63, 3.8) is 0 Å². The molecule has 6 atom stereocenters. The lowest BCUT2D eigenvalue weighted by Crippen LogP contribution is -2.60. The van der Waals surface area contributed by atoms with Gasteiger partial charge in [0.2, 0.25) is 5.91 Å². The van der Waals surface area contributed by atoms with Crippen molar-refractivity contribution in [2.75, 3.05) is 13.2 Å². The van der Waals surface area contributed by atoms with Crippen molar-refractivity contribution < 1.29 is 42.0 Å². The highest BCUT2D eigenvalue weighted by molar-refractivity contribution is 7.48. The predicted molar refractivity (Wildman–Crippen MR) is 118 cm³/mol. The number of phosphoric acid groups is 1. The number of fused-ring (bicyclic) bond motifs is 1. The van der Waals surface area contributed by atoms with Crippen LogP contribution in [0.3, 0.4) is 0 Å². The van der Waals surface area contributed by atoms with Gasteiger partial charge in [0.1, 0.15) is 18.3 Å². The van der Waals surface area contributed by atoms with Crippen LogP contribution in [0.5, 0.6) is 0 Å². The second-order valence-electron chi connectivity index (χ2n) is 9.64. The van der Waals surface area contributed by atoms with Gasteiger partial charge in [0.25, 0.3) is 0 Å². The van der Waals surface area contributed by atoms with E-state index in [-0.39, 0.29) is 43.9 Å². The summed E-state index contributed by atoms with van der Waals surface area (Å²) in [5.74, 6) is -1.46. The fourth-order valence-electron chi connectivity index (χ4n) is 4.68. The zero-order chi connectivity index (χ0) is 24.5. The lowest BCUT2D eigenvalue weighted by Gasteiger charge is -2.38. The van der Waals surface area contributed by atoms with E-state index in [0.717, 1.165) is 25.7 Å². The van der Waals surface area contributed by atoms with E-state index in [1.165, 1.54) is 23.6 Å². The fraction of sp³-hybridized carbons (Fsp3) is 0.773. The third kappa shape index (κ3) is 5.45. The molecule has 1 saturated carbocycles. The highest BCUT2D eigenvalue weighted by atomic mass is 31.2. The van der Waals surface area contributed by atoms with Gasteiger partial charge in [-0.2, -0.15) is 0 Å². The second kappa shape index (κ2) is 10.2. The summed E-state index contributed by atoms with van der Waals surface area (Å²) >= 11 is 0. The van der Waals surface area contributed by atoms with Crippen molar-refractivity contribution in [2.24, 2.45) is 11.7 Å². The van der Waals surface area contributed by atoms with Gasteiger partial charge in [0.05, 0.1) is 31.1 Å². The number of rotatable bonds is 7. The van der Waals surface area contributed by atoms with Crippen LogP contribution in [0, 0.1) is 5.92 Å². The van der Waals surface area contributed by atoms with Gasteiger partial charge in [0.15, 0.2) is 12.0 Å². The Kier molecular flexibility index (Phi) is 7.61. The van der Waals surface area contributed by atoms with Crippen molar-refractivity contribution in [1.82, 2.24) is 4.90 Å². The molecule has 3 heterocycles. The van der Waals surface area contributed by atoms with Gasteiger partial charge >= 0.3 is 13.8 Å². The van der Waals surface area contributed by atoms with Gasteiger partial charge in [0, 0.05) is 6.20 Å². The van der Waals surface area contributed by atoms with Crippen LogP contribution in [0.25, 0.3) is 0 Å². The van der Waals surface area contributed by atoms with E-state index in [4.69, 9.17) is 28.8 Å². The molecule has 3 aliphatic heterocycles. The molecular formula is C22H33N2O9P. The Labute approximate surface area is 198 Å². The molecule has 1 amide bonds. The summed E-state index contributed by atoms with van der Waals surface area (Å²) in [6.07, 6.45) is 5.24. The largest absolute Gasteiger partial charge is 0.475 e. The van der Waals surface area contributed by atoms with Crippen molar-refractivity contribution >= 4 is 25.5 Å². The van der Waals surface area contributed by atoms with Crippen LogP contribution in [0.1, 0.15) is 58.8 Å². The quantitative estimate of drug-likeness (QED) is 0.314. The number of phosphoric ester groups is 1. The maximum atomic E-state index is 13.1. The Morgan fingerprint density at radius 2 is 2.06 bits per heavy atom. The number of esters is 1. The van der Waals surface area contributed by atoms with Gasteiger partial charge in [-0.1, -0.05) is 13.3 Å². The standard InChI is InChI=1S/C22H33N2O9P/c1-14(20(27)31-16-6-4-3-5-7-16)9-11-29-34(28)30-13-17-19(33-34)22(2,23)21(32-17)24-10-8-15(25)12-18(24)26/h8,10,14,16-17,19,21H,3-7,9,11-13,23H2,1-2H3/t14?,17-,19-,21-,22-,34+/m1/s1. The maximum Gasteiger partial charge on any atom is 0.475 e. The molecule has 3 fully saturated rings. The van der Waals surface area contributed by atoms with Gasteiger partial charge < -0.3 is 15.2 Å². The molecule has 0 aromatic carbocycles. The van der Waals surface area contributed by atoms with Crippen molar-refractivity contribution in [2.45, 2.75) is 88.9 Å². The zero-order valence-electron chi connectivity index (χ0n) is 19.6. The molecule has 1 unspecified atom stereocenters. The maximum absolute atomic E-state index is 13.1. The lowest BCUT2D eigenvalue weighted by molar-refractivity contribution is -0.155. The average molecular weight is 500 g/mol. The van der Waals surface area contributed by atoms with Gasteiger partial charge in [-0.3, -0.25) is 32.9 Å². The third-order valence-electron chi connectivity index (χ3n) is 6.75. The molecule has 12 heteroatoms. The molecule has 11 nitrogen and oxygen atoms in total. The van der Waals surface area contributed by atoms with E-state index in [2.05, 4.69) is 0 Å². The number of hydrogen-bond acceptors (Lipinski definition) is 10. The Morgan fingerprint density at radius 1 is 1.32 bits per heavy atom. The monoisotopic (exact) mass is 500 g/mol. The molecule has 2 N–H and O–H groups in total. The number of carbonyl (C=O) groups excluding carboxylic acids is 3. The number of ketones is 1. The summed E-state index contributed by atoms with van der Waals surface area (Å²) in [5, 5.41) is 0. The minimum absolute atomic E-state index is 0.0257. The van der Waals surface area contributed by atoms with Crippen LogP contribution in [0.15, 0.2) is 12.3 Å². The first-order valence-electron chi connectivity index (χ1n) is 11.8. The summed E-state index contributed by atoms with van der Waals surface area (Å²) in [4.78, 5) is 37.4. The Morgan fingerprint density at radius 3 is 2.76 bits per heavy atom. The molecule has 1 aliphatic carbocycles. The van der Waals surface area contributed by atoms with Crippen LogP contribution in [0.4, 0.5) is 0 Å². The molecule has 0 aromatic rings. The Bertz CT molecular complexity index is 886. The van der Waals surface area contributed by atoms with Crippen LogP contribution in [0.2, 0.25) is 0 Å². The molecule has 2 saturated heterocycles. The molecule has 0 spiro atoms. The first-order chi connectivity index (χ1) is 16.1. The lowest BCUT2D eigenvalue weighted by atomic mass is 9.92. The SMILES string of the molecule is CC(CCO[P@@]1(=O)OC[C@H]2O[C@@H](N3C=CC(=O)CC3=O)[C@](C)(N)[C@@H]2O1)C(=O)OC1CCCCC1. The first-order valence-corrected chi connectivity index (χ1v) is 13.3. The number of nitrogens with zero attached hydrogens (tertiary/aromatic N) is 1. The molecular weight excluding hydrogens is 467 g/mol. The summed E-state index contributed by atoms with van der Waals surface area (Å²) < 4.78 is 41.0. The first kappa shape index (κ1) is 25.5. The molecule has 4 rings (SSSR count). The van der Waals surface area contributed by atoms with Crippen molar-refractivity contribution in [1.29, 1.82) is 0 Å². The minimum Gasteiger partial charge on any atom is -0.462 e. The summed E-state index contributed by atoms with van der Waals surface area (Å²) in [5.41, 5.74) is 5.23. The van der Waals surface area contributed by atoms with Crippen molar-refractivity contribution in [3.8, 4) is 0 Å². The molecule has 4 aliphatic rings. The zero-order valence-corrected chi connectivity index (χ0v) is 20.4. The van der Waals surface area contributed by atoms with Crippen LogP contribution >= 0.6 is 7.82 Å². The van der Waals surface area contributed by atoms with Crippen molar-refractivity contribution in [3.05, 3.63) is 12.3 Å². The second-order valence-corrected chi connectivity index (χ2v) is 11.3. The van der Waals surface area contributed by atoms with E-state index in [0.29, 0.717) is 0 Å². The summed E-state index contributed by atoms with van der Waals surface area (Å²) in [7, 11) is -3.96. The van der Waals surface area contributed by atoms with Gasteiger partial charge in [-0.25, -0.2) is 4.57 Å². The van der Waals surface area contributed by atoms with E-state index in [9.17, 15) is 18.9 Å². The topological polar surface area (TPSA) is 144 Å². The summed E-state index contributed by atoms with van der Waals surface area (Å²) in [6.45, 7) is 3.23. The number of allylic oxidation sites excluding steroid dienone is 1. The van der Waals surface area contributed by atoms with Crippen LogP contribution in [-0.4, -0.2) is 65.9 Å². The van der Waals surface area contributed by atoms with E-state index in [1.54, 1.807) is 13.8 Å². The normalized spacial score (nSPS) is 37.5. The molecule has 0 aromatic heterocycles. The number of nitrogens with two attached hydrogens (primary N) is 1. The predicted octanol–water partition coefficient (Wildman–Crippen LogP) is 2.19. The van der Waals surface area contributed by atoms with E-state index in [1.807, 2.05) is 0 Å². The number of amides is 1. The van der Waals surface area contributed by atoms with E-state index < -0.39 is 43.6 Å². The van der Waals surface area contributed by atoms with Crippen LogP contribution in [-0.2, 0) is 42.0 Å². The molecule has 0 bridgehead atoms. The van der Waals surface area contributed by atoms with Gasteiger partial charge in [-0.05, 0) is 45.1 Å². The average Bonchev–Trinajstić information content (AvgIpc) is 3.04. The Balaban J connectivity index is 1.30. The number of ether oxygens (including phenoxy) is 2. The highest BCUT2D eigenvalue weighted by Gasteiger charge is 2.60. The molecule has 0 radical (unpaired) electrons. The van der Waals surface area contributed by atoms with E-state index >= 15 is 0 Å². The molecule has 190 valence electrons. The smallest absolute Gasteiger partial charge is 0.462 e. The number of carbonyl (C=O) groups is 3. The molecule has 34 heavy (non-hydrogen) atoms. The minimum atomic E-state index is -3.96. The van der Waals surface area contributed by atoms with Gasteiger partial charge in [-0.15, -0.1) is 0 Å².